The van der Waals surface area contributed by atoms with Crippen molar-refractivity contribution in [2.75, 3.05) is 0 Å². The Labute approximate surface area is 186 Å². The molecule has 30 heavy (non-hydrogen) atoms. The molecule has 0 unspecified atom stereocenters. The van der Waals surface area contributed by atoms with Crippen LogP contribution in [0.25, 0.3) is 0 Å². The number of carboxylic acid groups (broad SMARTS) is 1. The fraction of sp³-hybridized carbons (Fsp3) is 0.318. The van der Waals surface area contributed by atoms with Crippen molar-refractivity contribution >= 4 is 41.0 Å². The zero-order valence-electron chi connectivity index (χ0n) is 17.1. The standard InChI is InChI=1S/C22H25ClN2O4S/c1-21(2,3)14-22(18(26)27,16-9-11-17(23)12-10-16)25-19(30)24-20(28)29-13-15-7-5-4-6-8-15/h4-12H,13-14H2,1-3H3,(H,26,27)(H2,24,25,28,30)/t22-/m1/s1. The SMILES string of the molecule is CC(C)(C)C[C@](NC(=S)NC(=O)OCc1ccccc1)(C(=O)O)c1ccc(Cl)cc1. The number of ether oxygens (including phenoxy) is 1. The molecule has 0 aliphatic carbocycles. The van der Waals surface area contributed by atoms with Gasteiger partial charge in [-0.1, -0.05) is 74.8 Å². The van der Waals surface area contributed by atoms with E-state index in [4.69, 9.17) is 28.6 Å². The van der Waals surface area contributed by atoms with Gasteiger partial charge in [0.05, 0.1) is 0 Å². The lowest BCUT2D eigenvalue weighted by Crippen LogP contribution is -2.57. The molecule has 0 saturated carbocycles. The summed E-state index contributed by atoms with van der Waals surface area (Å²) in [5.74, 6) is -1.12. The number of hydrogen-bond acceptors (Lipinski definition) is 4. The third-order valence-corrected chi connectivity index (χ3v) is 4.71. The second-order valence-electron chi connectivity index (χ2n) is 8.10. The van der Waals surface area contributed by atoms with E-state index in [0.717, 1.165) is 5.56 Å². The molecule has 2 rings (SSSR count). The number of aliphatic carboxylic acids is 1. The highest BCUT2D eigenvalue weighted by Gasteiger charge is 2.44. The molecule has 160 valence electrons. The monoisotopic (exact) mass is 448 g/mol. The van der Waals surface area contributed by atoms with Crippen molar-refractivity contribution in [3.8, 4) is 0 Å². The van der Waals surface area contributed by atoms with E-state index in [9.17, 15) is 14.7 Å². The highest BCUT2D eigenvalue weighted by atomic mass is 35.5. The van der Waals surface area contributed by atoms with Gasteiger partial charge in [0.15, 0.2) is 10.7 Å². The average molecular weight is 449 g/mol. The van der Waals surface area contributed by atoms with Crippen LogP contribution < -0.4 is 10.6 Å². The molecule has 0 aromatic heterocycles. The maximum absolute atomic E-state index is 12.4. The summed E-state index contributed by atoms with van der Waals surface area (Å²) >= 11 is 11.2. The van der Waals surface area contributed by atoms with Crippen molar-refractivity contribution < 1.29 is 19.4 Å². The molecule has 0 aliphatic rings. The number of hydrogen-bond donors (Lipinski definition) is 3. The van der Waals surface area contributed by atoms with Crippen LogP contribution in [-0.2, 0) is 21.7 Å². The van der Waals surface area contributed by atoms with E-state index in [1.54, 1.807) is 24.3 Å². The summed E-state index contributed by atoms with van der Waals surface area (Å²) in [5.41, 5.74) is -0.641. The maximum atomic E-state index is 12.4. The molecule has 0 bridgehead atoms. The topological polar surface area (TPSA) is 87.7 Å². The molecule has 2 aromatic rings. The molecule has 2 aromatic carbocycles. The first-order valence-electron chi connectivity index (χ1n) is 9.31. The number of carbonyl (C=O) groups excluding carboxylic acids is 1. The van der Waals surface area contributed by atoms with Crippen molar-refractivity contribution in [1.29, 1.82) is 0 Å². The Morgan fingerprint density at radius 2 is 1.67 bits per heavy atom. The minimum Gasteiger partial charge on any atom is -0.479 e. The predicted molar refractivity (Wildman–Crippen MR) is 120 cm³/mol. The number of amides is 1. The Bertz CT molecular complexity index is 898. The Morgan fingerprint density at radius 3 is 2.20 bits per heavy atom. The number of carbonyl (C=O) groups is 2. The number of carboxylic acids is 1. The molecule has 0 aliphatic heterocycles. The highest BCUT2D eigenvalue weighted by molar-refractivity contribution is 7.80. The molecular formula is C22H25ClN2O4S. The molecule has 0 heterocycles. The molecule has 1 amide bonds. The van der Waals surface area contributed by atoms with Gasteiger partial charge in [0.1, 0.15) is 6.61 Å². The van der Waals surface area contributed by atoms with Crippen LogP contribution in [0.1, 0.15) is 38.3 Å². The predicted octanol–water partition coefficient (Wildman–Crippen LogP) is 4.86. The molecular weight excluding hydrogens is 424 g/mol. The summed E-state index contributed by atoms with van der Waals surface area (Å²) < 4.78 is 5.15. The van der Waals surface area contributed by atoms with Crippen LogP contribution in [0, 0.1) is 5.41 Å². The van der Waals surface area contributed by atoms with E-state index < -0.39 is 17.6 Å². The number of halogens is 1. The zero-order valence-corrected chi connectivity index (χ0v) is 18.6. The van der Waals surface area contributed by atoms with Crippen molar-refractivity contribution in [3.05, 3.63) is 70.7 Å². The van der Waals surface area contributed by atoms with Crippen LogP contribution >= 0.6 is 23.8 Å². The first-order chi connectivity index (χ1) is 14.0. The molecule has 6 nitrogen and oxygen atoms in total. The van der Waals surface area contributed by atoms with E-state index in [2.05, 4.69) is 10.6 Å². The van der Waals surface area contributed by atoms with Crippen LogP contribution in [-0.4, -0.2) is 22.3 Å². The molecule has 0 radical (unpaired) electrons. The number of nitrogens with one attached hydrogen (secondary N) is 2. The Kier molecular flexibility index (Phi) is 7.81. The zero-order chi connectivity index (χ0) is 22.4. The van der Waals surface area contributed by atoms with Crippen LogP contribution in [0.3, 0.4) is 0 Å². The van der Waals surface area contributed by atoms with E-state index in [1.165, 1.54) is 0 Å². The van der Waals surface area contributed by atoms with Crippen molar-refractivity contribution in [1.82, 2.24) is 10.6 Å². The van der Waals surface area contributed by atoms with Gasteiger partial charge in [-0.15, -0.1) is 0 Å². The van der Waals surface area contributed by atoms with Crippen LogP contribution in [0.2, 0.25) is 5.02 Å². The summed E-state index contributed by atoms with van der Waals surface area (Å²) in [6, 6.07) is 15.7. The van der Waals surface area contributed by atoms with Gasteiger partial charge in [-0.3, -0.25) is 5.32 Å². The summed E-state index contributed by atoms with van der Waals surface area (Å²) in [5, 5.41) is 15.7. The smallest absolute Gasteiger partial charge is 0.413 e. The second kappa shape index (κ2) is 9.91. The minimum atomic E-state index is -1.56. The summed E-state index contributed by atoms with van der Waals surface area (Å²) in [6.07, 6.45) is -0.569. The summed E-state index contributed by atoms with van der Waals surface area (Å²) in [4.78, 5) is 24.5. The Hall–Kier alpha value is -2.64. The quantitative estimate of drug-likeness (QED) is 0.547. The third kappa shape index (κ3) is 6.71. The third-order valence-electron chi connectivity index (χ3n) is 4.25. The number of benzene rings is 2. The Morgan fingerprint density at radius 1 is 1.07 bits per heavy atom. The van der Waals surface area contributed by atoms with Crippen LogP contribution in [0.5, 0.6) is 0 Å². The second-order valence-corrected chi connectivity index (χ2v) is 8.94. The first-order valence-corrected chi connectivity index (χ1v) is 10.1. The van der Waals surface area contributed by atoms with Gasteiger partial charge in [-0.05, 0) is 47.3 Å². The molecule has 0 fully saturated rings. The summed E-state index contributed by atoms with van der Waals surface area (Å²) in [6.45, 7) is 5.84. The van der Waals surface area contributed by atoms with E-state index in [0.29, 0.717) is 10.6 Å². The number of rotatable bonds is 6. The van der Waals surface area contributed by atoms with E-state index in [1.807, 2.05) is 51.1 Å². The molecule has 0 saturated heterocycles. The van der Waals surface area contributed by atoms with Crippen molar-refractivity contribution in [2.45, 2.75) is 39.3 Å². The first kappa shape index (κ1) is 23.6. The molecule has 3 N–H and O–H groups in total. The number of alkyl carbamates (subject to hydrolysis) is 1. The lowest BCUT2D eigenvalue weighted by Gasteiger charge is -2.37. The van der Waals surface area contributed by atoms with Gasteiger partial charge < -0.3 is 15.2 Å². The lowest BCUT2D eigenvalue weighted by molar-refractivity contribution is -0.146. The number of thiocarbonyl (C=S) groups is 1. The normalized spacial score (nSPS) is 13.1. The van der Waals surface area contributed by atoms with Gasteiger partial charge in [-0.25, -0.2) is 9.59 Å². The maximum Gasteiger partial charge on any atom is 0.413 e. The minimum absolute atomic E-state index is 0.0680. The summed E-state index contributed by atoms with van der Waals surface area (Å²) in [7, 11) is 0. The van der Waals surface area contributed by atoms with Crippen LogP contribution in [0.4, 0.5) is 4.79 Å². The van der Waals surface area contributed by atoms with Gasteiger partial charge >= 0.3 is 12.1 Å². The Balaban J connectivity index is 2.17. The van der Waals surface area contributed by atoms with Gasteiger partial charge in [-0.2, -0.15) is 0 Å². The van der Waals surface area contributed by atoms with Crippen molar-refractivity contribution in [3.63, 3.8) is 0 Å². The van der Waals surface area contributed by atoms with E-state index >= 15 is 0 Å². The largest absolute Gasteiger partial charge is 0.479 e. The molecule has 8 heteroatoms. The fourth-order valence-corrected chi connectivity index (χ4v) is 3.46. The highest BCUT2D eigenvalue weighted by Crippen LogP contribution is 2.36. The van der Waals surface area contributed by atoms with E-state index in [-0.39, 0.29) is 23.6 Å². The molecule has 0 spiro atoms. The van der Waals surface area contributed by atoms with Crippen LogP contribution in [0.15, 0.2) is 54.6 Å². The average Bonchev–Trinajstić information content (AvgIpc) is 2.66. The fourth-order valence-electron chi connectivity index (χ4n) is 3.08. The van der Waals surface area contributed by atoms with Gasteiger partial charge in [0.2, 0.25) is 0 Å². The van der Waals surface area contributed by atoms with Gasteiger partial charge in [0, 0.05) is 5.02 Å². The van der Waals surface area contributed by atoms with Gasteiger partial charge in [0.25, 0.3) is 0 Å². The molecule has 1 atom stereocenters. The lowest BCUT2D eigenvalue weighted by atomic mass is 9.75. The van der Waals surface area contributed by atoms with Crippen molar-refractivity contribution in [2.24, 2.45) is 5.41 Å².